The van der Waals surface area contributed by atoms with Crippen LogP contribution in [0.2, 0.25) is 0 Å². The van der Waals surface area contributed by atoms with Crippen molar-refractivity contribution in [1.29, 1.82) is 0 Å². The largest absolute Gasteiger partial charge is 0.498 e. The summed E-state index contributed by atoms with van der Waals surface area (Å²) >= 11 is 0. The molecule has 0 N–H and O–H groups in total. The Morgan fingerprint density at radius 2 is 2.00 bits per heavy atom. The average Bonchev–Trinajstić information content (AvgIpc) is 2.21. The van der Waals surface area contributed by atoms with Gasteiger partial charge in [0.05, 0.1) is 6.26 Å². The van der Waals surface area contributed by atoms with E-state index in [9.17, 15) is 0 Å². The van der Waals surface area contributed by atoms with Crippen molar-refractivity contribution in [1.82, 2.24) is 0 Å². The van der Waals surface area contributed by atoms with E-state index in [1.807, 2.05) is 6.26 Å². The highest BCUT2D eigenvalue weighted by Gasteiger charge is 2.30. The van der Waals surface area contributed by atoms with E-state index in [-0.39, 0.29) is 5.60 Å². The maximum atomic E-state index is 6.05. The molecule has 1 aliphatic heterocycles. The van der Waals surface area contributed by atoms with Gasteiger partial charge in [-0.1, -0.05) is 26.2 Å². The first-order chi connectivity index (χ1) is 7.68. The van der Waals surface area contributed by atoms with Gasteiger partial charge in [-0.25, -0.2) is 0 Å². The summed E-state index contributed by atoms with van der Waals surface area (Å²) in [5.41, 5.74) is 1.17. The Balaban J connectivity index is 2.48. The summed E-state index contributed by atoms with van der Waals surface area (Å²) in [5.74, 6) is 0. The third kappa shape index (κ3) is 4.56. The topological polar surface area (TPSA) is 18.5 Å². The molecule has 0 aromatic carbocycles. The van der Waals surface area contributed by atoms with Crippen molar-refractivity contribution in [3.63, 3.8) is 0 Å². The minimum Gasteiger partial charge on any atom is -0.498 e. The van der Waals surface area contributed by atoms with Gasteiger partial charge in [0.1, 0.15) is 12.2 Å². The van der Waals surface area contributed by atoms with Crippen molar-refractivity contribution in [2.24, 2.45) is 0 Å². The number of hydrogen-bond donors (Lipinski definition) is 0. The number of allylic oxidation sites excluding steroid dienone is 1. The van der Waals surface area contributed by atoms with Crippen molar-refractivity contribution in [2.45, 2.75) is 64.9 Å². The van der Waals surface area contributed by atoms with Gasteiger partial charge in [0.15, 0.2) is 0 Å². The van der Waals surface area contributed by atoms with Crippen LogP contribution >= 0.6 is 0 Å². The lowest BCUT2D eigenvalue weighted by molar-refractivity contribution is -0.0967. The van der Waals surface area contributed by atoms with Gasteiger partial charge in [0.2, 0.25) is 0 Å². The minimum absolute atomic E-state index is 0.0353. The Morgan fingerprint density at radius 1 is 1.25 bits per heavy atom. The van der Waals surface area contributed by atoms with E-state index in [4.69, 9.17) is 9.47 Å². The Morgan fingerprint density at radius 3 is 2.69 bits per heavy atom. The molecule has 0 spiro atoms. The van der Waals surface area contributed by atoms with E-state index < -0.39 is 0 Å². The molecule has 1 rings (SSSR count). The summed E-state index contributed by atoms with van der Waals surface area (Å²) < 4.78 is 11.7. The highest BCUT2D eigenvalue weighted by molar-refractivity contribution is 4.88. The summed E-state index contributed by atoms with van der Waals surface area (Å²) in [5, 5.41) is 0. The highest BCUT2D eigenvalue weighted by atomic mass is 16.5. The van der Waals surface area contributed by atoms with Crippen LogP contribution in [0.4, 0.5) is 0 Å². The third-order valence-corrected chi connectivity index (χ3v) is 3.24. The molecule has 1 heterocycles. The summed E-state index contributed by atoms with van der Waals surface area (Å²) in [6, 6.07) is 0. The summed E-state index contributed by atoms with van der Waals surface area (Å²) in [6.45, 7) is 7.91. The van der Waals surface area contributed by atoms with Gasteiger partial charge in [-0.05, 0) is 38.7 Å². The number of ether oxygens (including phenoxy) is 2. The highest BCUT2D eigenvalue weighted by Crippen LogP contribution is 2.27. The second-order valence-corrected chi connectivity index (χ2v) is 5.06. The van der Waals surface area contributed by atoms with Gasteiger partial charge in [-0.3, -0.25) is 0 Å². The Kier molecular flexibility index (Phi) is 5.89. The van der Waals surface area contributed by atoms with Crippen LogP contribution in [0.1, 0.15) is 59.3 Å². The predicted molar refractivity (Wildman–Crippen MR) is 67.4 cm³/mol. The lowest BCUT2D eigenvalue weighted by Crippen LogP contribution is -2.38. The normalized spacial score (nSPS) is 26.7. The molecule has 1 atom stereocenters. The summed E-state index contributed by atoms with van der Waals surface area (Å²) in [4.78, 5) is 0. The van der Waals surface area contributed by atoms with Crippen LogP contribution in [0.5, 0.6) is 0 Å². The molecule has 0 aromatic rings. The monoisotopic (exact) mass is 226 g/mol. The Hall–Kier alpha value is -0.500. The van der Waals surface area contributed by atoms with Crippen LogP contribution in [0, 0.1) is 0 Å². The van der Waals surface area contributed by atoms with Crippen LogP contribution in [-0.4, -0.2) is 18.8 Å². The van der Waals surface area contributed by atoms with E-state index in [1.165, 1.54) is 31.3 Å². The molecule has 0 radical (unpaired) electrons. The molecule has 0 bridgehead atoms. The van der Waals surface area contributed by atoms with Gasteiger partial charge < -0.3 is 9.47 Å². The van der Waals surface area contributed by atoms with Crippen molar-refractivity contribution >= 4 is 0 Å². The Bertz CT molecular complexity index is 209. The zero-order chi connectivity index (χ0) is 11.9. The third-order valence-electron chi connectivity index (χ3n) is 3.24. The molecular formula is C14H26O2. The molecule has 0 aliphatic carbocycles. The first-order valence-corrected chi connectivity index (χ1v) is 6.57. The van der Waals surface area contributed by atoms with E-state index in [0.29, 0.717) is 6.61 Å². The van der Waals surface area contributed by atoms with Crippen molar-refractivity contribution in [2.75, 3.05) is 13.2 Å². The summed E-state index contributed by atoms with van der Waals surface area (Å²) in [7, 11) is 0. The van der Waals surface area contributed by atoms with Crippen LogP contribution in [0.25, 0.3) is 0 Å². The maximum absolute atomic E-state index is 6.05. The smallest absolute Gasteiger partial charge is 0.116 e. The standard InChI is InChI=1S/C14H26O2/c1-4-14(12-15-11-13(2)3)9-7-5-6-8-10-16-14/h11H,4-10,12H2,1-3H3. The van der Waals surface area contributed by atoms with Crippen LogP contribution < -0.4 is 0 Å². The van der Waals surface area contributed by atoms with E-state index in [1.54, 1.807) is 0 Å². The molecule has 0 aromatic heterocycles. The SMILES string of the molecule is CCC1(COC=C(C)C)CCCCCCO1. The molecule has 0 amide bonds. The molecule has 1 saturated heterocycles. The second-order valence-electron chi connectivity index (χ2n) is 5.06. The second kappa shape index (κ2) is 6.95. The molecule has 94 valence electrons. The summed E-state index contributed by atoms with van der Waals surface area (Å²) in [6.07, 6.45) is 9.15. The van der Waals surface area contributed by atoms with Crippen LogP contribution in [-0.2, 0) is 9.47 Å². The molecule has 1 aliphatic rings. The molecule has 16 heavy (non-hydrogen) atoms. The number of rotatable bonds is 4. The van der Waals surface area contributed by atoms with Crippen LogP contribution in [0.3, 0.4) is 0 Å². The lowest BCUT2D eigenvalue weighted by Gasteiger charge is -2.34. The zero-order valence-corrected chi connectivity index (χ0v) is 11.1. The lowest BCUT2D eigenvalue weighted by atomic mass is 9.92. The van der Waals surface area contributed by atoms with Gasteiger partial charge in [-0.15, -0.1) is 0 Å². The zero-order valence-electron chi connectivity index (χ0n) is 11.1. The van der Waals surface area contributed by atoms with Crippen LogP contribution in [0.15, 0.2) is 11.8 Å². The average molecular weight is 226 g/mol. The van der Waals surface area contributed by atoms with Crippen molar-refractivity contribution in [3.05, 3.63) is 11.8 Å². The van der Waals surface area contributed by atoms with Gasteiger partial charge in [0.25, 0.3) is 0 Å². The van der Waals surface area contributed by atoms with Gasteiger partial charge in [0, 0.05) is 6.61 Å². The van der Waals surface area contributed by atoms with E-state index in [2.05, 4.69) is 20.8 Å². The fourth-order valence-electron chi connectivity index (χ4n) is 2.12. The molecule has 1 unspecified atom stereocenters. The van der Waals surface area contributed by atoms with E-state index >= 15 is 0 Å². The van der Waals surface area contributed by atoms with Gasteiger partial charge >= 0.3 is 0 Å². The molecule has 0 saturated carbocycles. The van der Waals surface area contributed by atoms with Gasteiger partial charge in [-0.2, -0.15) is 0 Å². The first-order valence-electron chi connectivity index (χ1n) is 6.57. The first kappa shape index (κ1) is 13.6. The van der Waals surface area contributed by atoms with Crippen molar-refractivity contribution < 1.29 is 9.47 Å². The molecular weight excluding hydrogens is 200 g/mol. The maximum Gasteiger partial charge on any atom is 0.116 e. The fourth-order valence-corrected chi connectivity index (χ4v) is 2.12. The minimum atomic E-state index is -0.0353. The number of hydrogen-bond acceptors (Lipinski definition) is 2. The van der Waals surface area contributed by atoms with Crippen molar-refractivity contribution in [3.8, 4) is 0 Å². The fraction of sp³-hybridized carbons (Fsp3) is 0.857. The Labute approximate surface area is 100 Å². The quantitative estimate of drug-likeness (QED) is 0.673. The molecule has 2 heteroatoms. The van der Waals surface area contributed by atoms with E-state index in [0.717, 1.165) is 19.4 Å². The molecule has 1 fully saturated rings. The molecule has 2 nitrogen and oxygen atoms in total. The predicted octanol–water partition coefficient (Wildman–Crippen LogP) is 4.06.